The zero-order valence-corrected chi connectivity index (χ0v) is 16.7. The summed E-state index contributed by atoms with van der Waals surface area (Å²) < 4.78 is 22.3. The van der Waals surface area contributed by atoms with Crippen molar-refractivity contribution in [3.63, 3.8) is 0 Å². The van der Waals surface area contributed by atoms with Crippen LogP contribution in [0.2, 0.25) is 0 Å². The van der Waals surface area contributed by atoms with Crippen LogP contribution in [0, 0.1) is 13.8 Å². The van der Waals surface area contributed by atoms with E-state index in [2.05, 4.69) is 10.3 Å². The fourth-order valence-corrected chi connectivity index (χ4v) is 3.44. The van der Waals surface area contributed by atoms with Crippen LogP contribution in [0.3, 0.4) is 0 Å². The van der Waals surface area contributed by atoms with Gasteiger partial charge in [0.05, 0.1) is 17.5 Å². The molecule has 0 aliphatic rings. The molecule has 0 spiro atoms. The van der Waals surface area contributed by atoms with E-state index in [0.29, 0.717) is 5.13 Å². The molecule has 2 rings (SSSR count). The van der Waals surface area contributed by atoms with E-state index in [1.807, 2.05) is 37.4 Å². The highest BCUT2D eigenvalue weighted by molar-refractivity contribution is 7.90. The average Bonchev–Trinajstić information content (AvgIpc) is 2.95. The number of halogens is 1. The van der Waals surface area contributed by atoms with Crippen molar-refractivity contribution in [1.82, 2.24) is 4.98 Å². The number of rotatable bonds is 6. The molecule has 0 aliphatic carbocycles. The number of thiazole rings is 1. The number of nitrogens with one attached hydrogen (secondary N) is 1. The van der Waals surface area contributed by atoms with Crippen molar-refractivity contribution in [2.45, 2.75) is 26.3 Å². The van der Waals surface area contributed by atoms with Gasteiger partial charge in [0.15, 0.2) is 5.13 Å². The summed E-state index contributed by atoms with van der Waals surface area (Å²) in [6.07, 6.45) is 1.20. The van der Waals surface area contributed by atoms with E-state index in [0.717, 1.165) is 17.5 Å². The molecule has 0 bridgehead atoms. The minimum Gasteiger partial charge on any atom is -0.320 e. The average molecular weight is 404 g/mol. The Morgan fingerprint density at radius 1 is 1.32 bits per heavy atom. The van der Waals surface area contributed by atoms with Crippen LogP contribution >= 0.6 is 23.7 Å². The van der Waals surface area contributed by atoms with Gasteiger partial charge in [-0.3, -0.25) is 4.79 Å². The van der Waals surface area contributed by atoms with Crippen molar-refractivity contribution in [3.8, 4) is 11.3 Å². The molecule has 1 aromatic carbocycles. The number of hydrogen-bond donors (Lipinski definition) is 2. The Kier molecular flexibility index (Phi) is 7.55. The minimum absolute atomic E-state index is 0. The van der Waals surface area contributed by atoms with Crippen LogP contribution in [-0.2, 0) is 14.6 Å². The van der Waals surface area contributed by atoms with E-state index < -0.39 is 21.8 Å². The molecular formula is C16H22ClN3O3S2. The first-order valence-corrected chi connectivity index (χ1v) is 10.4. The van der Waals surface area contributed by atoms with Gasteiger partial charge in [-0.05, 0) is 37.5 Å². The molecule has 1 unspecified atom stereocenters. The Hall–Kier alpha value is -1.48. The molecule has 0 saturated carbocycles. The van der Waals surface area contributed by atoms with Crippen molar-refractivity contribution in [3.05, 3.63) is 34.7 Å². The van der Waals surface area contributed by atoms with Crippen LogP contribution in [0.4, 0.5) is 5.13 Å². The molecule has 1 atom stereocenters. The molecule has 0 saturated heterocycles. The van der Waals surface area contributed by atoms with Gasteiger partial charge in [-0.2, -0.15) is 0 Å². The summed E-state index contributed by atoms with van der Waals surface area (Å²) >= 11 is 1.31. The third kappa shape index (κ3) is 6.39. The number of benzene rings is 1. The van der Waals surface area contributed by atoms with Crippen molar-refractivity contribution < 1.29 is 13.2 Å². The van der Waals surface area contributed by atoms with Gasteiger partial charge in [-0.15, -0.1) is 23.7 Å². The molecule has 0 aliphatic heterocycles. The van der Waals surface area contributed by atoms with Crippen LogP contribution in [0.15, 0.2) is 23.6 Å². The Bertz CT molecular complexity index is 850. The second-order valence-electron chi connectivity index (χ2n) is 5.85. The van der Waals surface area contributed by atoms with Gasteiger partial charge in [0.1, 0.15) is 9.84 Å². The van der Waals surface area contributed by atoms with E-state index in [4.69, 9.17) is 5.73 Å². The highest BCUT2D eigenvalue weighted by Gasteiger charge is 2.17. The number of aromatic nitrogens is 1. The van der Waals surface area contributed by atoms with Gasteiger partial charge in [-0.25, -0.2) is 13.4 Å². The fourth-order valence-electron chi connectivity index (χ4n) is 2.03. The molecule has 1 amide bonds. The van der Waals surface area contributed by atoms with Gasteiger partial charge < -0.3 is 11.1 Å². The second kappa shape index (κ2) is 8.75. The van der Waals surface area contributed by atoms with E-state index in [1.54, 1.807) is 0 Å². The van der Waals surface area contributed by atoms with Gasteiger partial charge >= 0.3 is 0 Å². The number of carbonyl (C=O) groups excluding carboxylic acids is 1. The Balaban J connectivity index is 0.00000312. The zero-order chi connectivity index (χ0) is 17.9. The smallest absolute Gasteiger partial charge is 0.243 e. The van der Waals surface area contributed by atoms with Crippen LogP contribution in [-0.4, -0.2) is 37.4 Å². The monoisotopic (exact) mass is 403 g/mol. The molecule has 1 aromatic heterocycles. The summed E-state index contributed by atoms with van der Waals surface area (Å²) in [6.45, 7) is 4.08. The summed E-state index contributed by atoms with van der Waals surface area (Å²) in [5.74, 6) is -0.549. The van der Waals surface area contributed by atoms with Gasteiger partial charge in [0.25, 0.3) is 0 Å². The number of nitrogens with zero attached hydrogens (tertiary/aromatic N) is 1. The SMILES string of the molecule is Cc1ccc(-c2csc(NC(=O)C(N)CCS(C)(=O)=O)n2)cc1C.Cl. The molecule has 0 radical (unpaired) electrons. The minimum atomic E-state index is -3.14. The molecule has 25 heavy (non-hydrogen) atoms. The van der Waals surface area contributed by atoms with Crippen molar-refractivity contribution in [1.29, 1.82) is 0 Å². The Labute approximate surface area is 158 Å². The van der Waals surface area contributed by atoms with Gasteiger partial charge in [0.2, 0.25) is 5.91 Å². The lowest BCUT2D eigenvalue weighted by Crippen LogP contribution is -2.37. The van der Waals surface area contributed by atoms with Gasteiger partial charge in [-0.1, -0.05) is 12.1 Å². The van der Waals surface area contributed by atoms with Crippen molar-refractivity contribution in [2.24, 2.45) is 5.73 Å². The lowest BCUT2D eigenvalue weighted by molar-refractivity contribution is -0.117. The van der Waals surface area contributed by atoms with E-state index in [9.17, 15) is 13.2 Å². The molecule has 1 heterocycles. The maximum absolute atomic E-state index is 12.0. The molecule has 138 valence electrons. The summed E-state index contributed by atoms with van der Waals surface area (Å²) in [4.78, 5) is 16.4. The highest BCUT2D eigenvalue weighted by Crippen LogP contribution is 2.26. The second-order valence-corrected chi connectivity index (χ2v) is 8.97. The molecule has 6 nitrogen and oxygen atoms in total. The van der Waals surface area contributed by atoms with Gasteiger partial charge in [0, 0.05) is 17.2 Å². The maximum atomic E-state index is 12.0. The van der Waals surface area contributed by atoms with E-state index >= 15 is 0 Å². The molecule has 9 heteroatoms. The summed E-state index contributed by atoms with van der Waals surface area (Å²) in [6, 6.07) is 5.19. The number of amides is 1. The number of sulfone groups is 1. The predicted octanol–water partition coefficient (Wildman–Crippen LogP) is 2.55. The Morgan fingerprint density at radius 3 is 2.60 bits per heavy atom. The van der Waals surface area contributed by atoms with Crippen LogP contribution in [0.5, 0.6) is 0 Å². The largest absolute Gasteiger partial charge is 0.320 e. The molecular weight excluding hydrogens is 382 g/mol. The lowest BCUT2D eigenvalue weighted by atomic mass is 10.1. The Morgan fingerprint density at radius 2 is 2.00 bits per heavy atom. The summed E-state index contributed by atoms with van der Waals surface area (Å²) in [5, 5.41) is 4.95. The molecule has 3 N–H and O–H groups in total. The first-order valence-electron chi connectivity index (χ1n) is 7.43. The van der Waals surface area contributed by atoms with Crippen molar-refractivity contribution in [2.75, 3.05) is 17.3 Å². The third-order valence-electron chi connectivity index (χ3n) is 3.67. The maximum Gasteiger partial charge on any atom is 0.243 e. The number of nitrogens with two attached hydrogens (primary N) is 1. The van der Waals surface area contributed by atoms with Crippen LogP contribution < -0.4 is 11.1 Å². The van der Waals surface area contributed by atoms with Crippen molar-refractivity contribution >= 4 is 44.6 Å². The van der Waals surface area contributed by atoms with Crippen LogP contribution in [0.25, 0.3) is 11.3 Å². The number of aryl methyl sites for hydroxylation is 2. The third-order valence-corrected chi connectivity index (χ3v) is 5.41. The topological polar surface area (TPSA) is 102 Å². The first kappa shape index (κ1) is 21.6. The van der Waals surface area contributed by atoms with E-state index in [1.165, 1.54) is 22.5 Å². The molecule has 0 fully saturated rings. The first-order chi connectivity index (χ1) is 11.2. The standard InChI is InChI=1S/C16H21N3O3S2.ClH/c1-10-4-5-12(8-11(10)2)14-9-23-16(18-14)19-15(20)13(17)6-7-24(3,21)22;/h4-5,8-9,13H,6-7,17H2,1-3H3,(H,18,19,20);1H. The predicted molar refractivity (Wildman–Crippen MR) is 105 cm³/mol. The fraction of sp³-hybridized carbons (Fsp3) is 0.375. The normalized spacial score (nSPS) is 12.3. The highest BCUT2D eigenvalue weighted by atomic mass is 35.5. The summed E-state index contributed by atoms with van der Waals surface area (Å²) in [5.41, 5.74) is 9.87. The lowest BCUT2D eigenvalue weighted by Gasteiger charge is -2.09. The quantitative estimate of drug-likeness (QED) is 0.771. The number of carbonyl (C=O) groups is 1. The number of hydrogen-bond acceptors (Lipinski definition) is 6. The van der Waals surface area contributed by atoms with Crippen LogP contribution in [0.1, 0.15) is 17.5 Å². The van der Waals surface area contributed by atoms with E-state index in [-0.39, 0.29) is 24.6 Å². The number of anilines is 1. The summed E-state index contributed by atoms with van der Waals surface area (Å²) in [7, 11) is -3.14. The molecule has 2 aromatic rings. The zero-order valence-electron chi connectivity index (χ0n) is 14.3.